The number of hydrogen-bond acceptors (Lipinski definition) is 0. The van der Waals surface area contributed by atoms with Gasteiger partial charge in [-0.3, -0.25) is 0 Å². The van der Waals surface area contributed by atoms with Crippen LogP contribution >= 0.6 is 0 Å². The molecule has 2 aliphatic carbocycles. The maximum absolute atomic E-state index is 3.64. The van der Waals surface area contributed by atoms with E-state index in [-0.39, 0.29) is 0 Å². The van der Waals surface area contributed by atoms with Crippen LogP contribution in [0.4, 0.5) is 0 Å². The Balaban J connectivity index is 1.50. The minimum absolute atomic E-state index is 0.403. The Morgan fingerprint density at radius 3 is 1.57 bits per heavy atom. The van der Waals surface area contributed by atoms with Crippen LogP contribution in [0.25, 0.3) is 34.4 Å². The summed E-state index contributed by atoms with van der Waals surface area (Å²) in [4.78, 5) is 0. The van der Waals surface area contributed by atoms with Crippen molar-refractivity contribution in [2.45, 2.75) is 56.4 Å². The molecule has 0 saturated heterocycles. The molecule has 6 rings (SSSR count). The second-order valence-electron chi connectivity index (χ2n) is 13.1. The van der Waals surface area contributed by atoms with Gasteiger partial charge in [-0.15, -0.1) is 0 Å². The molecule has 2 heteroatoms. The van der Waals surface area contributed by atoms with Gasteiger partial charge in [0.2, 0.25) is 0 Å². The monoisotopic (exact) mass is 706 g/mol. The molecule has 2 unspecified atom stereocenters. The maximum atomic E-state index is 2.84. The molecule has 0 radical (unpaired) electrons. The normalized spacial score (nSPS) is 17.6. The fourth-order valence-electron chi connectivity index (χ4n) is 7.60. The number of rotatable bonds is 7. The summed E-state index contributed by atoms with van der Waals surface area (Å²) in [7, 11) is 0. The predicted octanol–water partition coefficient (Wildman–Crippen LogP) is 10.8. The third-order valence-electron chi connectivity index (χ3n) is 9.83. The van der Waals surface area contributed by atoms with Crippen molar-refractivity contribution < 1.29 is 17.1 Å². The number of aryl methyl sites for hydroxylation is 2. The molecular weight excluding hydrogens is 663 g/mol. The molecule has 0 amide bonds. The molecule has 0 aromatic heterocycles. The molecule has 0 bridgehead atoms. The minimum atomic E-state index is -3.64. The van der Waals surface area contributed by atoms with Crippen LogP contribution in [0.3, 0.4) is 0 Å². The van der Waals surface area contributed by atoms with Gasteiger partial charge in [-0.1, -0.05) is 0 Å². The number of unbranched alkanes of at least 4 members (excludes halogenated alkanes) is 1. The molecule has 0 spiro atoms. The average molecular weight is 705 g/mol. The van der Waals surface area contributed by atoms with Gasteiger partial charge in [0.05, 0.1) is 0 Å². The molecule has 0 aliphatic heterocycles. The standard InChI is InChI=1S/2C16H13.C4H10Si.2CH3.Hf/c2*1-12-5-2-8-14(11-12)16-10-4-7-13-6-3-9-15(13)16;1-2-3-4-5;;;/h2*2-11H,1H3;5H,2-4H2,1H3;2*1H3;. The molecule has 0 nitrogen and oxygen atoms in total. The Morgan fingerprint density at radius 2 is 1.12 bits per heavy atom. The van der Waals surface area contributed by atoms with Crippen molar-refractivity contribution in [2.75, 3.05) is 0 Å². The Labute approximate surface area is 243 Å². The van der Waals surface area contributed by atoms with E-state index in [2.05, 4.69) is 139 Å². The Hall–Kier alpha value is -2.55. The van der Waals surface area contributed by atoms with Crippen molar-refractivity contribution in [1.29, 1.82) is 0 Å². The summed E-state index contributed by atoms with van der Waals surface area (Å²) >= 11 is -3.64. The van der Waals surface area contributed by atoms with Gasteiger partial charge in [-0.25, -0.2) is 0 Å². The number of hydrogen-bond donors (Lipinski definition) is 0. The van der Waals surface area contributed by atoms with E-state index >= 15 is 0 Å². The van der Waals surface area contributed by atoms with E-state index in [0.717, 1.165) is 0 Å². The zero-order valence-corrected chi connectivity index (χ0v) is 29.5. The molecule has 0 N–H and O–H groups in total. The van der Waals surface area contributed by atoms with Crippen LogP contribution in [-0.2, 0) is 17.1 Å². The summed E-state index contributed by atoms with van der Waals surface area (Å²) in [5.41, 5.74) is 14.3. The van der Waals surface area contributed by atoms with E-state index in [0.29, 0.717) is 13.6 Å². The van der Waals surface area contributed by atoms with E-state index < -0.39 is 17.1 Å². The molecule has 4 aromatic carbocycles. The molecule has 0 fully saturated rings. The SMILES string of the molecule is CCCC[SiH]=[Hf]([CH3])([CH3])([CH]1C=Cc2c(-c3cccc(C)c3)cccc21)[CH]1C=Cc2c(-c3cccc(C)c3)cccc21. The molecule has 4 aromatic rings. The van der Waals surface area contributed by atoms with Crippen molar-refractivity contribution in [3.05, 3.63) is 130 Å². The van der Waals surface area contributed by atoms with E-state index in [1.807, 2.05) is 0 Å². The molecule has 202 valence electrons. The first-order valence-electron chi connectivity index (χ1n) is 15.1. The fraction of sp³-hybridized carbons (Fsp3) is 0.263. The molecule has 40 heavy (non-hydrogen) atoms. The van der Waals surface area contributed by atoms with Gasteiger partial charge in [0.25, 0.3) is 0 Å². The topological polar surface area (TPSA) is 0 Å². The van der Waals surface area contributed by atoms with Crippen molar-refractivity contribution in [3.63, 3.8) is 0 Å². The summed E-state index contributed by atoms with van der Waals surface area (Å²) < 4.78 is 6.86. The van der Waals surface area contributed by atoms with E-state index in [9.17, 15) is 0 Å². The zero-order valence-electron chi connectivity index (χ0n) is 24.7. The van der Waals surface area contributed by atoms with Crippen LogP contribution in [-0.4, -0.2) is 6.22 Å². The molecular formula is C38H42HfSi. The molecule has 2 aliphatic rings. The second-order valence-corrected chi connectivity index (χ2v) is 57.5. The average Bonchev–Trinajstić information content (AvgIpc) is 3.59. The number of fused-ring (bicyclic) bond motifs is 2. The van der Waals surface area contributed by atoms with Crippen LogP contribution in [0.2, 0.25) is 15.4 Å². The van der Waals surface area contributed by atoms with Crippen LogP contribution in [0, 0.1) is 13.8 Å². The quantitative estimate of drug-likeness (QED) is 0.133. The van der Waals surface area contributed by atoms with E-state index in [4.69, 9.17) is 0 Å². The first-order chi connectivity index (χ1) is 19.3. The van der Waals surface area contributed by atoms with Crippen molar-refractivity contribution in [3.8, 4) is 22.3 Å². The molecule has 0 heterocycles. The van der Waals surface area contributed by atoms with E-state index in [1.165, 1.54) is 63.4 Å². The van der Waals surface area contributed by atoms with Crippen LogP contribution < -0.4 is 0 Å². The third-order valence-corrected chi connectivity index (χ3v) is 52.4. The number of benzene rings is 4. The number of allylic oxidation sites excluding steroid dienone is 2. The van der Waals surface area contributed by atoms with Gasteiger partial charge in [0.1, 0.15) is 0 Å². The van der Waals surface area contributed by atoms with Gasteiger partial charge in [0.15, 0.2) is 0 Å². The van der Waals surface area contributed by atoms with Crippen molar-refractivity contribution >= 4 is 18.4 Å². The first-order valence-corrected chi connectivity index (χ1v) is 34.1. The van der Waals surface area contributed by atoms with Crippen LogP contribution in [0.15, 0.2) is 97.1 Å². The zero-order chi connectivity index (χ0) is 27.9. The van der Waals surface area contributed by atoms with Crippen LogP contribution in [0.5, 0.6) is 0 Å². The van der Waals surface area contributed by atoms with Gasteiger partial charge in [0, 0.05) is 0 Å². The molecule has 0 saturated carbocycles. The Bertz CT molecular complexity index is 1610. The van der Waals surface area contributed by atoms with Gasteiger partial charge in [-0.05, 0) is 0 Å². The fourth-order valence-corrected chi connectivity index (χ4v) is 47.2. The summed E-state index contributed by atoms with van der Waals surface area (Å²) in [6.07, 6.45) is 13.3. The summed E-state index contributed by atoms with van der Waals surface area (Å²) in [5.74, 6) is 0. The van der Waals surface area contributed by atoms with Gasteiger partial charge < -0.3 is 0 Å². The Kier molecular flexibility index (Phi) is 7.38. The van der Waals surface area contributed by atoms with E-state index in [1.54, 1.807) is 11.1 Å². The molecule has 2 atom stereocenters. The second kappa shape index (κ2) is 10.7. The van der Waals surface area contributed by atoms with Crippen LogP contribution in [0.1, 0.15) is 60.5 Å². The first kappa shape index (κ1) is 27.6. The van der Waals surface area contributed by atoms with Gasteiger partial charge >= 0.3 is 245 Å². The van der Waals surface area contributed by atoms with Crippen molar-refractivity contribution in [1.82, 2.24) is 0 Å². The predicted molar refractivity (Wildman–Crippen MR) is 175 cm³/mol. The summed E-state index contributed by atoms with van der Waals surface area (Å²) in [5, 5.41) is 0. The third kappa shape index (κ3) is 4.72. The van der Waals surface area contributed by atoms with Crippen molar-refractivity contribution in [2.24, 2.45) is 0 Å². The summed E-state index contributed by atoms with van der Waals surface area (Å²) in [6, 6.07) is 33.7. The summed E-state index contributed by atoms with van der Waals surface area (Å²) in [6.45, 7) is 6.76. The van der Waals surface area contributed by atoms with Gasteiger partial charge in [-0.2, -0.15) is 0 Å². The Morgan fingerprint density at radius 1 is 0.650 bits per heavy atom.